The highest BCUT2D eigenvalue weighted by molar-refractivity contribution is 8.28. The second kappa shape index (κ2) is 4.52. The summed E-state index contributed by atoms with van der Waals surface area (Å²) in [5, 5.41) is 0. The summed E-state index contributed by atoms with van der Waals surface area (Å²) in [5.41, 5.74) is 1.06. The highest BCUT2D eigenvalue weighted by Gasteiger charge is 2.32. The lowest BCUT2D eigenvalue weighted by Crippen LogP contribution is -2.33. The first-order valence-corrected chi connectivity index (χ1v) is 7.54. The normalized spacial score (nSPS) is 13.3. The molecule has 3 heteroatoms. The van der Waals surface area contributed by atoms with Crippen molar-refractivity contribution in [1.82, 2.24) is 0 Å². The van der Waals surface area contributed by atoms with E-state index in [4.69, 9.17) is 4.74 Å². The van der Waals surface area contributed by atoms with E-state index in [2.05, 4.69) is 6.58 Å². The maximum Gasteiger partial charge on any atom is 0.153 e. The molecule has 0 heterocycles. The minimum absolute atomic E-state index is 0.553. The average Bonchev–Trinajstić information content (AvgIpc) is 2.16. The molecule has 2 nitrogen and oxygen atoms in total. The van der Waals surface area contributed by atoms with E-state index in [9.17, 15) is 4.55 Å². The van der Waals surface area contributed by atoms with Crippen LogP contribution < -0.4 is 4.74 Å². The van der Waals surface area contributed by atoms with Gasteiger partial charge in [0.25, 0.3) is 0 Å². The maximum absolute atomic E-state index is 10.0. The Morgan fingerprint density at radius 3 is 2.12 bits per heavy atom. The van der Waals surface area contributed by atoms with Crippen LogP contribution in [-0.4, -0.2) is 22.0 Å². The second-order valence-electron chi connectivity index (χ2n) is 4.55. The van der Waals surface area contributed by atoms with Crippen LogP contribution in [0.5, 0.6) is 5.75 Å². The quantitative estimate of drug-likeness (QED) is 0.862. The Bertz CT molecular complexity index is 361. The molecule has 0 fully saturated rings. The van der Waals surface area contributed by atoms with Gasteiger partial charge in [-0.3, -0.25) is 0 Å². The zero-order valence-electron chi connectivity index (χ0n) is 10.4. The van der Waals surface area contributed by atoms with Crippen molar-refractivity contribution in [2.45, 2.75) is 18.8 Å². The number of rotatable bonds is 4. The van der Waals surface area contributed by atoms with Crippen LogP contribution in [0.3, 0.4) is 0 Å². The van der Waals surface area contributed by atoms with Crippen LogP contribution in [0.4, 0.5) is 0 Å². The van der Waals surface area contributed by atoms with Gasteiger partial charge in [0, 0.05) is 0 Å². The lowest BCUT2D eigenvalue weighted by atomic mass is 10.2. The molecule has 0 aliphatic heterocycles. The van der Waals surface area contributed by atoms with Gasteiger partial charge in [0.1, 0.15) is 5.75 Å². The second-order valence-corrected chi connectivity index (χ2v) is 8.08. The van der Waals surface area contributed by atoms with Crippen LogP contribution in [0.25, 0.3) is 6.08 Å². The van der Waals surface area contributed by atoms with E-state index in [0.29, 0.717) is 0 Å². The summed E-state index contributed by atoms with van der Waals surface area (Å²) >= 11 is 0. The standard InChI is InChI=1S/C13H20O2S/c1-6-11-7-9-12(10-8-11)15-13(2,3)16(4,5)14/h6-10,14H,1H2,2-5H3. The van der Waals surface area contributed by atoms with Gasteiger partial charge in [-0.15, -0.1) is 10.3 Å². The van der Waals surface area contributed by atoms with Gasteiger partial charge in [0.15, 0.2) is 4.93 Å². The molecule has 0 saturated carbocycles. The third-order valence-electron chi connectivity index (χ3n) is 2.68. The number of hydrogen-bond donors (Lipinski definition) is 1. The molecule has 1 aromatic carbocycles. The fourth-order valence-electron chi connectivity index (χ4n) is 1.06. The number of hydrogen-bond acceptors (Lipinski definition) is 2. The lowest BCUT2D eigenvalue weighted by Gasteiger charge is -2.41. The number of benzene rings is 1. The minimum atomic E-state index is -1.76. The van der Waals surface area contributed by atoms with Gasteiger partial charge in [0.05, 0.1) is 0 Å². The van der Waals surface area contributed by atoms with Crippen LogP contribution in [0.1, 0.15) is 19.4 Å². The van der Waals surface area contributed by atoms with Crippen molar-refractivity contribution < 1.29 is 9.29 Å². The molecular weight excluding hydrogens is 220 g/mol. The Kier molecular flexibility index (Phi) is 3.71. The highest BCUT2D eigenvalue weighted by atomic mass is 32.3. The van der Waals surface area contributed by atoms with Crippen LogP contribution in [0, 0.1) is 0 Å². The molecule has 0 aliphatic rings. The molecule has 1 N–H and O–H groups in total. The number of ether oxygens (including phenoxy) is 1. The van der Waals surface area contributed by atoms with E-state index in [1.807, 2.05) is 50.6 Å². The summed E-state index contributed by atoms with van der Waals surface area (Å²) in [6.07, 6.45) is 5.44. The van der Waals surface area contributed by atoms with Gasteiger partial charge in [-0.2, -0.15) is 0 Å². The zero-order chi connectivity index (χ0) is 12.4. The first-order chi connectivity index (χ1) is 7.26. The highest BCUT2D eigenvalue weighted by Crippen LogP contribution is 2.49. The summed E-state index contributed by atoms with van der Waals surface area (Å²) in [5.74, 6) is 0.769. The van der Waals surface area contributed by atoms with Gasteiger partial charge in [-0.1, -0.05) is 24.8 Å². The molecule has 1 aromatic rings. The molecule has 0 bridgehead atoms. The summed E-state index contributed by atoms with van der Waals surface area (Å²) in [7, 11) is -1.76. The third kappa shape index (κ3) is 3.03. The van der Waals surface area contributed by atoms with E-state index < -0.39 is 15.2 Å². The van der Waals surface area contributed by atoms with E-state index in [-0.39, 0.29) is 0 Å². The molecule has 0 spiro atoms. The predicted molar refractivity (Wildman–Crippen MR) is 73.3 cm³/mol. The Hall–Kier alpha value is -0.930. The SMILES string of the molecule is C=Cc1ccc(OC(C)(C)S(C)(C)O)cc1. The van der Waals surface area contributed by atoms with Crippen molar-refractivity contribution >= 4 is 16.4 Å². The Labute approximate surface area is 99.5 Å². The average molecular weight is 240 g/mol. The van der Waals surface area contributed by atoms with E-state index >= 15 is 0 Å². The Balaban J connectivity index is 2.84. The maximum atomic E-state index is 10.0. The van der Waals surface area contributed by atoms with Crippen molar-refractivity contribution in [2.24, 2.45) is 0 Å². The monoisotopic (exact) mass is 240 g/mol. The fraction of sp³-hybridized carbons (Fsp3) is 0.385. The molecule has 16 heavy (non-hydrogen) atoms. The Morgan fingerprint density at radius 1 is 1.25 bits per heavy atom. The smallest absolute Gasteiger partial charge is 0.153 e. The van der Waals surface area contributed by atoms with Crippen LogP contribution in [0.15, 0.2) is 30.8 Å². The molecule has 0 aliphatic carbocycles. The first kappa shape index (κ1) is 13.1. The summed E-state index contributed by atoms with van der Waals surface area (Å²) in [4.78, 5) is -0.553. The van der Waals surface area contributed by atoms with E-state index in [1.54, 1.807) is 6.08 Å². The molecule has 0 unspecified atom stereocenters. The first-order valence-electron chi connectivity index (χ1n) is 5.13. The minimum Gasteiger partial charge on any atom is -0.477 e. The largest absolute Gasteiger partial charge is 0.477 e. The van der Waals surface area contributed by atoms with Gasteiger partial charge < -0.3 is 9.29 Å². The topological polar surface area (TPSA) is 29.5 Å². The lowest BCUT2D eigenvalue weighted by molar-refractivity contribution is 0.193. The molecule has 0 radical (unpaired) electrons. The molecule has 0 aromatic heterocycles. The van der Waals surface area contributed by atoms with Crippen LogP contribution in [0.2, 0.25) is 0 Å². The van der Waals surface area contributed by atoms with E-state index in [0.717, 1.165) is 11.3 Å². The molecule has 0 atom stereocenters. The van der Waals surface area contributed by atoms with E-state index in [1.165, 1.54) is 0 Å². The molecule has 90 valence electrons. The van der Waals surface area contributed by atoms with Crippen molar-refractivity contribution in [3.05, 3.63) is 36.4 Å². The zero-order valence-corrected chi connectivity index (χ0v) is 11.2. The van der Waals surface area contributed by atoms with Gasteiger partial charge in [0.2, 0.25) is 0 Å². The van der Waals surface area contributed by atoms with Crippen molar-refractivity contribution in [3.63, 3.8) is 0 Å². The Morgan fingerprint density at radius 2 is 1.75 bits per heavy atom. The summed E-state index contributed by atoms with van der Waals surface area (Å²) < 4.78 is 15.9. The summed E-state index contributed by atoms with van der Waals surface area (Å²) in [6, 6.07) is 7.67. The van der Waals surface area contributed by atoms with Gasteiger partial charge in [-0.25, -0.2) is 0 Å². The van der Waals surface area contributed by atoms with Crippen LogP contribution >= 0.6 is 10.3 Å². The van der Waals surface area contributed by atoms with Gasteiger partial charge in [-0.05, 0) is 44.1 Å². The van der Waals surface area contributed by atoms with Crippen molar-refractivity contribution in [3.8, 4) is 5.75 Å². The van der Waals surface area contributed by atoms with Gasteiger partial charge >= 0.3 is 0 Å². The molecule has 0 saturated heterocycles. The fourth-order valence-corrected chi connectivity index (χ4v) is 1.36. The molecule has 0 amide bonds. The third-order valence-corrected chi connectivity index (χ3v) is 5.17. The summed E-state index contributed by atoms with van der Waals surface area (Å²) in [6.45, 7) is 7.51. The van der Waals surface area contributed by atoms with Crippen LogP contribution in [-0.2, 0) is 0 Å². The molecule has 1 rings (SSSR count). The predicted octanol–water partition coefficient (Wildman–Crippen LogP) is 3.98. The molecular formula is C13H20O2S. The van der Waals surface area contributed by atoms with Crippen molar-refractivity contribution in [1.29, 1.82) is 0 Å². The van der Waals surface area contributed by atoms with Crippen molar-refractivity contribution in [2.75, 3.05) is 12.5 Å².